The normalized spacial score (nSPS) is 21.0. The number of thioether (sulfide) groups is 1. The van der Waals surface area contributed by atoms with E-state index in [1.54, 1.807) is 18.1 Å². The van der Waals surface area contributed by atoms with E-state index < -0.39 is 11.3 Å². The third-order valence-electron chi connectivity index (χ3n) is 5.90. The SMILES string of the molecule is COc1ccc(N2CCN(C(=O)C[N+]3=C4C=CSC4C(=O)N(CC(C)C)C3=O)CC2)cc1. The van der Waals surface area contributed by atoms with Crippen LogP contribution in [0.3, 0.4) is 0 Å². The van der Waals surface area contributed by atoms with Crippen molar-refractivity contribution in [3.63, 3.8) is 0 Å². The average Bonchev–Trinajstić information content (AvgIpc) is 3.29. The summed E-state index contributed by atoms with van der Waals surface area (Å²) < 4.78 is 6.70. The molecule has 1 aromatic rings. The van der Waals surface area contributed by atoms with E-state index in [9.17, 15) is 14.4 Å². The Morgan fingerprint density at radius 3 is 2.47 bits per heavy atom. The van der Waals surface area contributed by atoms with Gasteiger partial charge in [-0.05, 0) is 41.7 Å². The smallest absolute Gasteiger partial charge is 0.497 e. The minimum Gasteiger partial charge on any atom is -0.497 e. The largest absolute Gasteiger partial charge is 0.501 e. The molecule has 1 aromatic carbocycles. The van der Waals surface area contributed by atoms with Crippen molar-refractivity contribution in [2.24, 2.45) is 5.92 Å². The van der Waals surface area contributed by atoms with E-state index in [0.717, 1.165) is 24.5 Å². The van der Waals surface area contributed by atoms with Crippen LogP contribution >= 0.6 is 11.8 Å². The first-order chi connectivity index (χ1) is 15.4. The molecule has 1 saturated heterocycles. The van der Waals surface area contributed by atoms with E-state index in [1.165, 1.54) is 21.2 Å². The fraction of sp³-hybridized carbons (Fsp3) is 0.478. The first-order valence-electron chi connectivity index (χ1n) is 10.9. The topological polar surface area (TPSA) is 73.2 Å². The maximum atomic E-state index is 13.1. The number of imide groups is 1. The monoisotopic (exact) mass is 457 g/mol. The molecule has 1 atom stereocenters. The molecule has 1 unspecified atom stereocenters. The number of methoxy groups -OCH3 is 1. The van der Waals surface area contributed by atoms with Crippen LogP contribution in [0, 0.1) is 5.92 Å². The van der Waals surface area contributed by atoms with Gasteiger partial charge in [-0.1, -0.05) is 13.8 Å². The Balaban J connectivity index is 1.43. The number of anilines is 1. The van der Waals surface area contributed by atoms with Gasteiger partial charge in [-0.2, -0.15) is 14.3 Å². The molecule has 3 aliphatic heterocycles. The number of benzene rings is 1. The molecular weight excluding hydrogens is 428 g/mol. The van der Waals surface area contributed by atoms with E-state index in [2.05, 4.69) is 4.90 Å². The Hall–Kier alpha value is -2.81. The highest BCUT2D eigenvalue weighted by Crippen LogP contribution is 2.28. The molecule has 0 aromatic heterocycles. The molecule has 0 aliphatic carbocycles. The Labute approximate surface area is 192 Å². The number of carbonyl (C=O) groups excluding carboxylic acids is 3. The number of fused-ring (bicyclic) bond motifs is 1. The lowest BCUT2D eigenvalue weighted by molar-refractivity contribution is -0.428. The highest BCUT2D eigenvalue weighted by molar-refractivity contribution is 8.04. The summed E-state index contributed by atoms with van der Waals surface area (Å²) in [6.45, 7) is 6.87. The molecule has 170 valence electrons. The van der Waals surface area contributed by atoms with Crippen molar-refractivity contribution >= 4 is 41.0 Å². The van der Waals surface area contributed by atoms with Crippen LogP contribution in [-0.2, 0) is 9.59 Å². The Kier molecular flexibility index (Phi) is 6.55. The van der Waals surface area contributed by atoms with Crippen LogP contribution in [0.15, 0.2) is 35.7 Å². The van der Waals surface area contributed by atoms with Gasteiger partial charge in [-0.15, -0.1) is 11.8 Å². The number of urea groups is 1. The van der Waals surface area contributed by atoms with Crippen molar-refractivity contribution in [3.05, 3.63) is 35.7 Å². The van der Waals surface area contributed by atoms with Gasteiger partial charge >= 0.3 is 11.9 Å². The van der Waals surface area contributed by atoms with Crippen molar-refractivity contribution in [3.8, 4) is 5.75 Å². The second-order valence-electron chi connectivity index (χ2n) is 8.52. The number of piperazine rings is 1. The molecule has 0 radical (unpaired) electrons. The summed E-state index contributed by atoms with van der Waals surface area (Å²) in [6, 6.07) is 7.50. The van der Waals surface area contributed by atoms with E-state index in [-0.39, 0.29) is 24.3 Å². The van der Waals surface area contributed by atoms with Crippen molar-refractivity contribution in [1.82, 2.24) is 9.80 Å². The average molecular weight is 458 g/mol. The van der Waals surface area contributed by atoms with Gasteiger partial charge in [0.1, 0.15) is 11.5 Å². The Bertz CT molecular complexity index is 965. The van der Waals surface area contributed by atoms with Crippen LogP contribution in [0.2, 0.25) is 0 Å². The molecule has 8 nitrogen and oxygen atoms in total. The minimum atomic E-state index is -0.439. The van der Waals surface area contributed by atoms with E-state index in [1.807, 2.05) is 43.5 Å². The maximum absolute atomic E-state index is 13.1. The van der Waals surface area contributed by atoms with Gasteiger partial charge in [0.05, 0.1) is 13.7 Å². The fourth-order valence-electron chi connectivity index (χ4n) is 4.19. The molecular formula is C23H29N4O4S+. The van der Waals surface area contributed by atoms with Crippen molar-refractivity contribution in [1.29, 1.82) is 0 Å². The number of hydrogen-bond acceptors (Lipinski definition) is 6. The predicted molar refractivity (Wildman–Crippen MR) is 124 cm³/mol. The molecule has 32 heavy (non-hydrogen) atoms. The van der Waals surface area contributed by atoms with Crippen LogP contribution in [0.4, 0.5) is 10.5 Å². The van der Waals surface area contributed by atoms with E-state index >= 15 is 0 Å². The van der Waals surface area contributed by atoms with Gasteiger partial charge < -0.3 is 14.5 Å². The quantitative estimate of drug-likeness (QED) is 0.609. The van der Waals surface area contributed by atoms with Crippen LogP contribution in [-0.4, -0.2) is 89.6 Å². The molecule has 0 N–H and O–H groups in total. The summed E-state index contributed by atoms with van der Waals surface area (Å²) in [5.41, 5.74) is 1.72. The maximum Gasteiger partial charge on any atom is 0.501 e. The van der Waals surface area contributed by atoms with Gasteiger partial charge in [0.15, 0.2) is 11.8 Å². The van der Waals surface area contributed by atoms with Crippen molar-refractivity contribution in [2.75, 3.05) is 51.3 Å². The zero-order valence-electron chi connectivity index (χ0n) is 18.7. The highest BCUT2D eigenvalue weighted by atomic mass is 32.2. The summed E-state index contributed by atoms with van der Waals surface area (Å²) >= 11 is 1.39. The molecule has 0 spiro atoms. The zero-order valence-corrected chi connectivity index (χ0v) is 19.5. The fourth-order valence-corrected chi connectivity index (χ4v) is 5.15. The van der Waals surface area contributed by atoms with Crippen LogP contribution in [0.5, 0.6) is 5.75 Å². The van der Waals surface area contributed by atoms with E-state index in [0.29, 0.717) is 25.3 Å². The van der Waals surface area contributed by atoms with Crippen molar-refractivity contribution in [2.45, 2.75) is 19.1 Å². The first-order valence-corrected chi connectivity index (χ1v) is 11.8. The molecule has 3 heterocycles. The van der Waals surface area contributed by atoms with Gasteiger partial charge in [0.25, 0.3) is 5.91 Å². The minimum absolute atomic E-state index is 0.0417. The molecule has 0 saturated carbocycles. The van der Waals surface area contributed by atoms with Crippen LogP contribution < -0.4 is 9.64 Å². The highest BCUT2D eigenvalue weighted by Gasteiger charge is 2.49. The number of ether oxygens (including phenoxy) is 1. The van der Waals surface area contributed by atoms with Gasteiger partial charge in [0.2, 0.25) is 0 Å². The second-order valence-corrected chi connectivity index (χ2v) is 9.54. The third-order valence-corrected chi connectivity index (χ3v) is 6.91. The molecule has 3 aliphatic rings. The van der Waals surface area contributed by atoms with Crippen molar-refractivity contribution < 1.29 is 23.7 Å². The van der Waals surface area contributed by atoms with Crippen LogP contribution in [0.25, 0.3) is 0 Å². The van der Waals surface area contributed by atoms with Gasteiger partial charge in [-0.25, -0.2) is 4.79 Å². The lowest BCUT2D eigenvalue weighted by Crippen LogP contribution is -2.58. The number of rotatable bonds is 6. The molecule has 4 amide bonds. The predicted octanol–water partition coefficient (Wildman–Crippen LogP) is 2.04. The number of amides is 4. The van der Waals surface area contributed by atoms with Gasteiger partial charge in [0, 0.05) is 31.9 Å². The molecule has 4 rings (SSSR count). The summed E-state index contributed by atoms with van der Waals surface area (Å²) in [6.07, 6.45) is 1.78. The lowest BCUT2D eigenvalue weighted by Gasteiger charge is -2.36. The van der Waals surface area contributed by atoms with E-state index in [4.69, 9.17) is 4.74 Å². The van der Waals surface area contributed by atoms with Gasteiger partial charge in [-0.3, -0.25) is 4.79 Å². The number of nitrogens with zero attached hydrogens (tertiary/aromatic N) is 4. The third kappa shape index (κ3) is 4.39. The van der Waals surface area contributed by atoms with Crippen LogP contribution in [0.1, 0.15) is 13.8 Å². The Morgan fingerprint density at radius 2 is 1.84 bits per heavy atom. The number of carbonyl (C=O) groups is 3. The molecule has 9 heteroatoms. The number of hydrogen-bond donors (Lipinski definition) is 0. The molecule has 0 bridgehead atoms. The standard InChI is InChI=1S/C23H29N4O4S/c1-16(2)14-27-22(29)21-19(8-13-32-21)26(23(27)30)15-20(28)25-11-9-24(10-12-25)17-4-6-18(31-3)7-5-17/h4-8,13,16,21H,9-12,14-15H2,1-3H3/q+1. The summed E-state index contributed by atoms with van der Waals surface area (Å²) in [5.74, 6) is 0.690. The first kappa shape index (κ1) is 22.4. The second kappa shape index (κ2) is 9.36. The zero-order chi connectivity index (χ0) is 22.8. The molecule has 1 fully saturated rings. The summed E-state index contributed by atoms with van der Waals surface area (Å²) in [5, 5.41) is 1.39. The number of allylic oxidation sites excluding steroid dienone is 1. The Morgan fingerprint density at radius 1 is 1.16 bits per heavy atom. The lowest BCUT2D eigenvalue weighted by atomic mass is 10.1. The summed E-state index contributed by atoms with van der Waals surface area (Å²) in [4.78, 5) is 44.3. The summed E-state index contributed by atoms with van der Waals surface area (Å²) in [7, 11) is 1.64.